The lowest BCUT2D eigenvalue weighted by Crippen LogP contribution is -2.44. The molecule has 4 nitrogen and oxygen atoms in total. The molecule has 0 fully saturated rings. The maximum atomic E-state index is 11.9. The van der Waals surface area contributed by atoms with Gasteiger partial charge in [-0.25, -0.2) is 0 Å². The number of amides is 1. The molecule has 96 valence electrons. The molecule has 0 saturated carbocycles. The van der Waals surface area contributed by atoms with E-state index in [1.807, 2.05) is 20.9 Å². The standard InChI is InChI=1S/C12H26N2O2/c1-10(2)13(5)12(16)9-14(11(3)4)7-6-8-15/h10-11,15H,6-9H2,1-5H3. The fraction of sp³-hybridized carbons (Fsp3) is 0.917. The van der Waals surface area contributed by atoms with E-state index in [0.717, 1.165) is 13.0 Å². The largest absolute Gasteiger partial charge is 0.396 e. The molecule has 0 aromatic rings. The van der Waals surface area contributed by atoms with Crippen molar-refractivity contribution in [1.29, 1.82) is 0 Å². The number of carbonyl (C=O) groups is 1. The van der Waals surface area contributed by atoms with Crippen molar-refractivity contribution in [2.45, 2.75) is 46.2 Å². The summed E-state index contributed by atoms with van der Waals surface area (Å²) in [5.74, 6) is 0.140. The first kappa shape index (κ1) is 15.4. The topological polar surface area (TPSA) is 43.8 Å². The molecule has 16 heavy (non-hydrogen) atoms. The molecule has 0 rings (SSSR count). The highest BCUT2D eigenvalue weighted by Gasteiger charge is 2.17. The van der Waals surface area contributed by atoms with Crippen LogP contribution in [-0.2, 0) is 4.79 Å². The van der Waals surface area contributed by atoms with Crippen LogP contribution in [0.1, 0.15) is 34.1 Å². The molecule has 0 aliphatic carbocycles. The van der Waals surface area contributed by atoms with Gasteiger partial charge in [0, 0.05) is 32.3 Å². The zero-order valence-corrected chi connectivity index (χ0v) is 11.2. The Balaban J connectivity index is 4.23. The van der Waals surface area contributed by atoms with Crippen LogP contribution in [0.3, 0.4) is 0 Å². The van der Waals surface area contributed by atoms with E-state index in [-0.39, 0.29) is 18.6 Å². The minimum atomic E-state index is 0.140. The number of hydrogen-bond donors (Lipinski definition) is 1. The van der Waals surface area contributed by atoms with Gasteiger partial charge in [0.15, 0.2) is 0 Å². The van der Waals surface area contributed by atoms with Gasteiger partial charge in [0.2, 0.25) is 5.91 Å². The van der Waals surface area contributed by atoms with Crippen molar-refractivity contribution in [3.63, 3.8) is 0 Å². The molecule has 0 atom stereocenters. The number of rotatable bonds is 7. The van der Waals surface area contributed by atoms with E-state index in [1.165, 1.54) is 0 Å². The summed E-state index contributed by atoms with van der Waals surface area (Å²) in [6.45, 7) is 9.53. The Morgan fingerprint density at radius 1 is 1.19 bits per heavy atom. The summed E-state index contributed by atoms with van der Waals surface area (Å²) in [6, 6.07) is 0.565. The highest BCUT2D eigenvalue weighted by Crippen LogP contribution is 2.02. The summed E-state index contributed by atoms with van der Waals surface area (Å²) < 4.78 is 0. The summed E-state index contributed by atoms with van der Waals surface area (Å²) in [6.07, 6.45) is 0.719. The Morgan fingerprint density at radius 3 is 2.12 bits per heavy atom. The maximum absolute atomic E-state index is 11.9. The number of aliphatic hydroxyl groups is 1. The molecule has 0 heterocycles. The Kier molecular flexibility index (Phi) is 7.34. The van der Waals surface area contributed by atoms with Crippen molar-refractivity contribution in [2.24, 2.45) is 0 Å². The van der Waals surface area contributed by atoms with Gasteiger partial charge < -0.3 is 10.0 Å². The highest BCUT2D eigenvalue weighted by atomic mass is 16.3. The Morgan fingerprint density at radius 2 is 1.75 bits per heavy atom. The number of carbonyl (C=O) groups excluding carboxylic acids is 1. The number of hydrogen-bond acceptors (Lipinski definition) is 3. The first-order valence-electron chi connectivity index (χ1n) is 6.00. The van der Waals surface area contributed by atoms with Gasteiger partial charge in [0.05, 0.1) is 6.54 Å². The highest BCUT2D eigenvalue weighted by molar-refractivity contribution is 5.78. The van der Waals surface area contributed by atoms with E-state index in [2.05, 4.69) is 18.7 Å². The Hall–Kier alpha value is -0.610. The van der Waals surface area contributed by atoms with Crippen molar-refractivity contribution in [3.8, 4) is 0 Å². The predicted molar refractivity (Wildman–Crippen MR) is 66.3 cm³/mol. The summed E-state index contributed by atoms with van der Waals surface area (Å²) in [4.78, 5) is 15.7. The lowest BCUT2D eigenvalue weighted by Gasteiger charge is -2.29. The van der Waals surface area contributed by atoms with Gasteiger partial charge in [-0.1, -0.05) is 0 Å². The van der Waals surface area contributed by atoms with Crippen molar-refractivity contribution < 1.29 is 9.90 Å². The summed E-state index contributed by atoms with van der Waals surface area (Å²) in [5.41, 5.74) is 0. The first-order chi connectivity index (χ1) is 7.40. The zero-order valence-electron chi connectivity index (χ0n) is 11.2. The normalized spacial score (nSPS) is 11.6. The lowest BCUT2D eigenvalue weighted by atomic mass is 10.2. The fourth-order valence-electron chi connectivity index (χ4n) is 1.37. The predicted octanol–water partition coefficient (Wildman–Crippen LogP) is 0.946. The zero-order chi connectivity index (χ0) is 12.7. The van der Waals surface area contributed by atoms with Crippen molar-refractivity contribution in [3.05, 3.63) is 0 Å². The van der Waals surface area contributed by atoms with Crippen LogP contribution >= 0.6 is 0 Å². The van der Waals surface area contributed by atoms with Crippen LogP contribution in [-0.4, -0.2) is 59.6 Å². The summed E-state index contributed by atoms with van der Waals surface area (Å²) in [5, 5.41) is 8.81. The van der Waals surface area contributed by atoms with Crippen LogP contribution in [0.2, 0.25) is 0 Å². The molecule has 0 radical (unpaired) electrons. The number of aliphatic hydroxyl groups excluding tert-OH is 1. The second kappa shape index (κ2) is 7.63. The molecular weight excluding hydrogens is 204 g/mol. The molecule has 1 N–H and O–H groups in total. The first-order valence-corrected chi connectivity index (χ1v) is 6.00. The molecule has 0 saturated heterocycles. The van der Waals surface area contributed by atoms with Crippen LogP contribution < -0.4 is 0 Å². The maximum Gasteiger partial charge on any atom is 0.236 e. The molecule has 0 aliphatic rings. The molecule has 0 bridgehead atoms. The van der Waals surface area contributed by atoms with Gasteiger partial charge >= 0.3 is 0 Å². The minimum Gasteiger partial charge on any atom is -0.396 e. The molecule has 0 aliphatic heterocycles. The van der Waals surface area contributed by atoms with E-state index in [0.29, 0.717) is 12.6 Å². The van der Waals surface area contributed by atoms with Gasteiger partial charge in [-0.3, -0.25) is 9.69 Å². The van der Waals surface area contributed by atoms with Gasteiger partial charge in [0.1, 0.15) is 0 Å². The molecular formula is C12H26N2O2. The summed E-state index contributed by atoms with van der Waals surface area (Å²) >= 11 is 0. The Bertz CT molecular complexity index is 205. The molecule has 0 spiro atoms. The molecule has 4 heteroatoms. The van der Waals surface area contributed by atoms with E-state index >= 15 is 0 Å². The van der Waals surface area contributed by atoms with Crippen LogP contribution in [0.4, 0.5) is 0 Å². The van der Waals surface area contributed by atoms with E-state index < -0.39 is 0 Å². The SMILES string of the molecule is CC(C)N(CCCO)CC(=O)N(C)C(C)C. The molecule has 0 unspecified atom stereocenters. The van der Waals surface area contributed by atoms with Crippen LogP contribution in [0, 0.1) is 0 Å². The third kappa shape index (κ3) is 5.47. The van der Waals surface area contributed by atoms with E-state index in [1.54, 1.807) is 4.90 Å². The monoisotopic (exact) mass is 230 g/mol. The number of likely N-dealkylation sites (N-methyl/N-ethyl adjacent to an activating group) is 1. The second-order valence-corrected chi connectivity index (χ2v) is 4.74. The van der Waals surface area contributed by atoms with Crippen molar-refractivity contribution in [2.75, 3.05) is 26.7 Å². The smallest absolute Gasteiger partial charge is 0.236 e. The summed E-state index contributed by atoms with van der Waals surface area (Å²) in [7, 11) is 1.83. The third-order valence-electron chi connectivity index (χ3n) is 2.84. The van der Waals surface area contributed by atoms with Crippen LogP contribution in [0.15, 0.2) is 0 Å². The average Bonchev–Trinajstić information content (AvgIpc) is 2.21. The van der Waals surface area contributed by atoms with Gasteiger partial charge in [-0.05, 0) is 34.1 Å². The fourth-order valence-corrected chi connectivity index (χ4v) is 1.37. The van der Waals surface area contributed by atoms with Gasteiger partial charge in [-0.2, -0.15) is 0 Å². The van der Waals surface area contributed by atoms with Crippen LogP contribution in [0.5, 0.6) is 0 Å². The van der Waals surface area contributed by atoms with Crippen molar-refractivity contribution >= 4 is 5.91 Å². The Labute approximate surface area is 99.2 Å². The van der Waals surface area contributed by atoms with Crippen molar-refractivity contribution in [1.82, 2.24) is 9.80 Å². The quantitative estimate of drug-likeness (QED) is 0.708. The number of nitrogens with zero attached hydrogens (tertiary/aromatic N) is 2. The second-order valence-electron chi connectivity index (χ2n) is 4.74. The lowest BCUT2D eigenvalue weighted by molar-refractivity contribution is -0.133. The van der Waals surface area contributed by atoms with E-state index in [9.17, 15) is 4.79 Å². The molecule has 1 amide bonds. The van der Waals surface area contributed by atoms with E-state index in [4.69, 9.17) is 5.11 Å². The minimum absolute atomic E-state index is 0.140. The van der Waals surface area contributed by atoms with Crippen LogP contribution in [0.25, 0.3) is 0 Å². The van der Waals surface area contributed by atoms with Gasteiger partial charge in [0.25, 0.3) is 0 Å². The average molecular weight is 230 g/mol. The third-order valence-corrected chi connectivity index (χ3v) is 2.84. The van der Waals surface area contributed by atoms with Gasteiger partial charge in [-0.15, -0.1) is 0 Å². The molecule has 0 aromatic carbocycles. The molecule has 0 aromatic heterocycles.